The normalized spacial score (nSPS) is 14.5. The Morgan fingerprint density at radius 2 is 1.50 bits per heavy atom. The van der Waals surface area contributed by atoms with Crippen LogP contribution in [0.1, 0.15) is 48.8 Å². The fourth-order valence-electron chi connectivity index (χ4n) is 6.04. The molecule has 0 spiro atoms. The van der Waals surface area contributed by atoms with Crippen LogP contribution in [0, 0.1) is 0 Å². The molecule has 1 aliphatic carbocycles. The van der Waals surface area contributed by atoms with Gasteiger partial charge in [0, 0.05) is 23.5 Å². The van der Waals surface area contributed by atoms with Crippen LogP contribution in [0.5, 0.6) is 0 Å². The fraction of sp³-hybridized carbons (Fsp3) is 0.297. The molecule has 50 heavy (non-hydrogen) atoms. The number of halogens is 5. The van der Waals surface area contributed by atoms with Crippen LogP contribution in [0.25, 0.3) is 0 Å². The van der Waals surface area contributed by atoms with Crippen LogP contribution in [0.2, 0.25) is 5.02 Å². The van der Waals surface area contributed by atoms with E-state index in [2.05, 4.69) is 21.2 Å². The first-order valence-electron chi connectivity index (χ1n) is 16.2. The summed E-state index contributed by atoms with van der Waals surface area (Å²) in [6.45, 7) is -1.03. The largest absolute Gasteiger partial charge is 0.416 e. The zero-order valence-corrected chi connectivity index (χ0v) is 30.1. The summed E-state index contributed by atoms with van der Waals surface area (Å²) in [7, 11) is -4.65. The quantitative estimate of drug-likeness (QED) is 0.156. The molecular formula is C37H36BrClF3N3O4S. The lowest BCUT2D eigenvalue weighted by molar-refractivity contribution is -0.140. The minimum Gasteiger partial charge on any atom is -0.352 e. The third-order valence-corrected chi connectivity index (χ3v) is 11.2. The molecule has 0 unspecified atom stereocenters. The van der Waals surface area contributed by atoms with Crippen molar-refractivity contribution in [3.63, 3.8) is 0 Å². The topological polar surface area (TPSA) is 86.8 Å². The van der Waals surface area contributed by atoms with E-state index in [1.54, 1.807) is 30.3 Å². The molecule has 1 atom stereocenters. The predicted octanol–water partition coefficient (Wildman–Crippen LogP) is 8.41. The number of carbonyl (C=O) groups excluding carboxylic acids is 2. The lowest BCUT2D eigenvalue weighted by Crippen LogP contribution is -2.55. The van der Waals surface area contributed by atoms with Crippen molar-refractivity contribution < 1.29 is 31.2 Å². The Kier molecular flexibility index (Phi) is 12.3. The first-order valence-corrected chi connectivity index (χ1v) is 18.8. The Labute approximate surface area is 303 Å². The van der Waals surface area contributed by atoms with Gasteiger partial charge in [-0.25, -0.2) is 8.42 Å². The van der Waals surface area contributed by atoms with Crippen molar-refractivity contribution in [1.29, 1.82) is 0 Å². The standard InChI is InChI=1S/C37H36BrClF3N3O4S/c38-29-14-10-13-27(21-29)24-44(34(22-26-11-4-1-5-12-26)36(47)43-30-15-6-2-7-16-30)35(46)25-45(50(48,49)31-17-8-3-9-18-31)33-23-28(37(40,41)42)19-20-32(33)39/h1,3-5,8-14,17-21,23,30,34H,2,6-7,15-16,22,24-25H2,(H,43,47)/t34-/m0/s1. The van der Waals surface area contributed by atoms with Gasteiger partial charge in [-0.3, -0.25) is 13.9 Å². The molecule has 1 aliphatic rings. The molecule has 1 N–H and O–H groups in total. The van der Waals surface area contributed by atoms with E-state index < -0.39 is 51.9 Å². The Hall–Kier alpha value is -3.87. The van der Waals surface area contributed by atoms with E-state index in [0.717, 1.165) is 54.3 Å². The van der Waals surface area contributed by atoms with Crippen molar-refractivity contribution in [3.8, 4) is 0 Å². The van der Waals surface area contributed by atoms with Gasteiger partial charge in [0.2, 0.25) is 11.8 Å². The Bertz CT molecular complexity index is 1890. The van der Waals surface area contributed by atoms with Gasteiger partial charge in [0.15, 0.2) is 0 Å². The number of amides is 2. The van der Waals surface area contributed by atoms with Gasteiger partial charge in [0.1, 0.15) is 12.6 Å². The summed E-state index contributed by atoms with van der Waals surface area (Å²) in [4.78, 5) is 29.9. The van der Waals surface area contributed by atoms with E-state index in [-0.39, 0.29) is 28.9 Å². The Morgan fingerprint density at radius 3 is 2.14 bits per heavy atom. The maximum absolute atomic E-state index is 14.7. The second-order valence-corrected chi connectivity index (χ2v) is 15.4. The Morgan fingerprint density at radius 1 is 0.860 bits per heavy atom. The van der Waals surface area contributed by atoms with Gasteiger partial charge in [-0.15, -0.1) is 0 Å². The van der Waals surface area contributed by atoms with Crippen LogP contribution in [-0.2, 0) is 38.8 Å². The molecule has 1 saturated carbocycles. The predicted molar refractivity (Wildman–Crippen MR) is 191 cm³/mol. The third-order valence-electron chi connectivity index (χ3n) is 8.62. The highest BCUT2D eigenvalue weighted by atomic mass is 79.9. The highest BCUT2D eigenvalue weighted by Crippen LogP contribution is 2.37. The maximum atomic E-state index is 14.7. The van der Waals surface area contributed by atoms with Gasteiger partial charge in [0.25, 0.3) is 10.0 Å². The van der Waals surface area contributed by atoms with Crippen molar-refractivity contribution in [3.05, 3.63) is 129 Å². The summed E-state index contributed by atoms with van der Waals surface area (Å²) >= 11 is 9.86. The van der Waals surface area contributed by atoms with E-state index in [9.17, 15) is 31.2 Å². The highest BCUT2D eigenvalue weighted by Gasteiger charge is 2.38. The zero-order valence-electron chi connectivity index (χ0n) is 27.0. The summed E-state index contributed by atoms with van der Waals surface area (Å²) in [5.74, 6) is -1.21. The van der Waals surface area contributed by atoms with Gasteiger partial charge in [0.05, 0.1) is 21.2 Å². The second kappa shape index (κ2) is 16.4. The first kappa shape index (κ1) is 37.4. The second-order valence-electron chi connectivity index (χ2n) is 12.2. The number of carbonyl (C=O) groups is 2. The number of rotatable bonds is 12. The van der Waals surface area contributed by atoms with Crippen LogP contribution in [0.3, 0.4) is 0 Å². The molecule has 0 heterocycles. The molecule has 0 saturated heterocycles. The van der Waals surface area contributed by atoms with Gasteiger partial charge >= 0.3 is 6.18 Å². The van der Waals surface area contributed by atoms with Crippen molar-refractivity contribution in [1.82, 2.24) is 10.2 Å². The number of alkyl halides is 3. The van der Waals surface area contributed by atoms with Crippen molar-refractivity contribution >= 4 is 55.1 Å². The minimum absolute atomic E-state index is 0.0868. The molecular weight excluding hydrogens is 755 g/mol. The van der Waals surface area contributed by atoms with E-state index in [4.69, 9.17) is 11.6 Å². The van der Waals surface area contributed by atoms with E-state index in [1.165, 1.54) is 29.2 Å². The summed E-state index contributed by atoms with van der Waals surface area (Å²) < 4.78 is 71.4. The maximum Gasteiger partial charge on any atom is 0.416 e. The molecule has 13 heteroatoms. The summed E-state index contributed by atoms with van der Waals surface area (Å²) in [6, 6.07) is 24.4. The summed E-state index contributed by atoms with van der Waals surface area (Å²) in [5.41, 5.74) is -0.256. The van der Waals surface area contributed by atoms with Crippen LogP contribution < -0.4 is 9.62 Å². The van der Waals surface area contributed by atoms with Crippen molar-refractivity contribution in [2.45, 2.75) is 68.2 Å². The number of benzene rings is 4. The molecule has 264 valence electrons. The summed E-state index contributed by atoms with van der Waals surface area (Å²) in [6.07, 6.45) is -0.151. The van der Waals surface area contributed by atoms with Crippen LogP contribution >= 0.6 is 27.5 Å². The van der Waals surface area contributed by atoms with Crippen LogP contribution in [-0.4, -0.2) is 43.8 Å². The van der Waals surface area contributed by atoms with Crippen molar-refractivity contribution in [2.24, 2.45) is 0 Å². The molecule has 7 nitrogen and oxygen atoms in total. The first-order chi connectivity index (χ1) is 23.8. The molecule has 0 aliphatic heterocycles. The zero-order chi connectivity index (χ0) is 35.9. The lowest BCUT2D eigenvalue weighted by Gasteiger charge is -2.35. The minimum atomic E-state index is -4.82. The number of hydrogen-bond donors (Lipinski definition) is 1. The van der Waals surface area contributed by atoms with Gasteiger partial charge in [-0.2, -0.15) is 13.2 Å². The molecule has 1 fully saturated rings. The average Bonchev–Trinajstić information content (AvgIpc) is 3.09. The van der Waals surface area contributed by atoms with Crippen LogP contribution in [0.15, 0.2) is 112 Å². The summed E-state index contributed by atoms with van der Waals surface area (Å²) in [5, 5.41) is 2.82. The number of nitrogens with one attached hydrogen (secondary N) is 1. The number of nitrogens with zero attached hydrogens (tertiary/aromatic N) is 2. The van der Waals surface area contributed by atoms with Crippen molar-refractivity contribution in [2.75, 3.05) is 10.8 Å². The van der Waals surface area contributed by atoms with E-state index in [1.807, 2.05) is 30.3 Å². The molecule has 4 aromatic rings. The van der Waals surface area contributed by atoms with Gasteiger partial charge in [-0.05, 0) is 66.4 Å². The molecule has 0 aromatic heterocycles. The highest BCUT2D eigenvalue weighted by molar-refractivity contribution is 9.10. The SMILES string of the molecule is O=C(NC1CCCCC1)[C@H](Cc1ccccc1)N(Cc1cccc(Br)c1)C(=O)CN(c1cc(C(F)(F)F)ccc1Cl)S(=O)(=O)c1ccccc1. The monoisotopic (exact) mass is 789 g/mol. The smallest absolute Gasteiger partial charge is 0.352 e. The van der Waals surface area contributed by atoms with Crippen LogP contribution in [0.4, 0.5) is 18.9 Å². The number of anilines is 1. The third kappa shape index (κ3) is 9.46. The van der Waals surface area contributed by atoms with E-state index >= 15 is 0 Å². The lowest BCUT2D eigenvalue weighted by atomic mass is 9.94. The Balaban J connectivity index is 1.61. The fourth-order valence-corrected chi connectivity index (χ4v) is 8.21. The molecule has 4 aromatic carbocycles. The number of sulfonamides is 1. The van der Waals surface area contributed by atoms with E-state index in [0.29, 0.717) is 15.9 Å². The average molecular weight is 791 g/mol. The van der Waals surface area contributed by atoms with Gasteiger partial charge < -0.3 is 10.2 Å². The number of hydrogen-bond acceptors (Lipinski definition) is 4. The molecule has 0 bridgehead atoms. The molecule has 0 radical (unpaired) electrons. The molecule has 2 amide bonds. The van der Waals surface area contributed by atoms with Gasteiger partial charge in [-0.1, -0.05) is 107 Å². The molecule has 5 rings (SSSR count).